The molecule has 8 nitrogen and oxygen atoms in total. The summed E-state index contributed by atoms with van der Waals surface area (Å²) in [6.07, 6.45) is 5.67. The highest BCUT2D eigenvalue weighted by molar-refractivity contribution is 6.45. The molecule has 0 atom stereocenters. The summed E-state index contributed by atoms with van der Waals surface area (Å²) < 4.78 is 0. The maximum absolute atomic E-state index is 12.0. The number of nitrogens with one attached hydrogen (secondary N) is 1. The van der Waals surface area contributed by atoms with E-state index in [0.29, 0.717) is 29.2 Å². The molecule has 0 aliphatic heterocycles. The van der Waals surface area contributed by atoms with Crippen LogP contribution in [0.25, 0.3) is 0 Å². The number of carbonyl (C=O) groups is 1. The molecule has 0 spiro atoms. The zero-order valence-corrected chi connectivity index (χ0v) is 15.3. The molecule has 0 radical (unpaired) electrons. The van der Waals surface area contributed by atoms with E-state index in [1.54, 1.807) is 31.2 Å². The Hall–Kier alpha value is -3.34. The van der Waals surface area contributed by atoms with E-state index < -0.39 is 5.91 Å². The van der Waals surface area contributed by atoms with Gasteiger partial charge in [0.2, 0.25) is 0 Å². The van der Waals surface area contributed by atoms with Crippen molar-refractivity contribution in [1.82, 2.24) is 5.32 Å². The lowest BCUT2D eigenvalue weighted by Crippen LogP contribution is -2.28. The summed E-state index contributed by atoms with van der Waals surface area (Å²) in [5, 5.41) is 14.3. The monoisotopic (exact) mass is 358 g/mol. The van der Waals surface area contributed by atoms with Crippen LogP contribution in [0.1, 0.15) is 25.8 Å². The first-order valence-corrected chi connectivity index (χ1v) is 7.85. The molecule has 1 aromatic carbocycles. The number of terminal acetylenes is 1. The standard InChI is InChI=1S/C18H22N4O4/c1-6-12-25-20-13(3)15(7-2)21-26-16-11-9-8-10-14(16)17(22-24-5)18(23)19-4/h1,8-11H,7,12H2,2-5H3,(H,19,23)/b20-13+,21-15+,22-17-. The van der Waals surface area contributed by atoms with Gasteiger partial charge < -0.3 is 19.8 Å². The Kier molecular flexibility index (Phi) is 8.96. The van der Waals surface area contributed by atoms with Crippen molar-refractivity contribution in [2.75, 3.05) is 20.8 Å². The van der Waals surface area contributed by atoms with E-state index in [4.69, 9.17) is 20.9 Å². The van der Waals surface area contributed by atoms with Crippen LogP contribution in [-0.4, -0.2) is 43.8 Å². The number of hydrogen-bond acceptors (Lipinski definition) is 7. The molecule has 0 saturated heterocycles. The fourth-order valence-electron chi connectivity index (χ4n) is 1.87. The highest BCUT2D eigenvalue weighted by atomic mass is 16.6. The summed E-state index contributed by atoms with van der Waals surface area (Å²) in [5.41, 5.74) is 1.62. The van der Waals surface area contributed by atoms with Crippen molar-refractivity contribution < 1.29 is 19.3 Å². The molecule has 0 fully saturated rings. The first kappa shape index (κ1) is 20.7. The minimum atomic E-state index is -0.414. The molecule has 0 aliphatic rings. The van der Waals surface area contributed by atoms with E-state index in [2.05, 4.69) is 26.7 Å². The molecular formula is C18H22N4O4. The number of likely N-dealkylation sites (N-methyl/N-ethyl adjacent to an activating group) is 1. The number of benzene rings is 1. The molecule has 1 amide bonds. The minimum absolute atomic E-state index is 0.0704. The number of nitrogens with zero attached hydrogens (tertiary/aromatic N) is 3. The molecule has 0 heterocycles. The average Bonchev–Trinajstić information content (AvgIpc) is 2.66. The van der Waals surface area contributed by atoms with Gasteiger partial charge in [-0.05, 0) is 25.5 Å². The minimum Gasteiger partial charge on any atom is -0.398 e. The zero-order valence-electron chi connectivity index (χ0n) is 15.3. The summed E-state index contributed by atoms with van der Waals surface area (Å²) >= 11 is 0. The third-order valence-electron chi connectivity index (χ3n) is 3.12. The highest BCUT2D eigenvalue weighted by Crippen LogP contribution is 2.20. The first-order chi connectivity index (χ1) is 12.6. The second-order valence-corrected chi connectivity index (χ2v) is 4.83. The van der Waals surface area contributed by atoms with Crippen molar-refractivity contribution in [3.63, 3.8) is 0 Å². The van der Waals surface area contributed by atoms with Gasteiger partial charge in [0, 0.05) is 7.05 Å². The molecule has 0 bridgehead atoms. The Labute approximate surface area is 152 Å². The van der Waals surface area contributed by atoms with Gasteiger partial charge in [-0.2, -0.15) is 0 Å². The molecule has 0 unspecified atom stereocenters. The van der Waals surface area contributed by atoms with Gasteiger partial charge in [0.1, 0.15) is 18.5 Å². The molecule has 0 aliphatic carbocycles. The van der Waals surface area contributed by atoms with Crippen LogP contribution in [0, 0.1) is 12.3 Å². The van der Waals surface area contributed by atoms with Crippen LogP contribution >= 0.6 is 0 Å². The van der Waals surface area contributed by atoms with Gasteiger partial charge in [0.25, 0.3) is 5.91 Å². The predicted molar refractivity (Wildman–Crippen MR) is 100 cm³/mol. The molecule has 8 heteroatoms. The van der Waals surface area contributed by atoms with Crippen LogP contribution in [-0.2, 0) is 14.5 Å². The molecular weight excluding hydrogens is 336 g/mol. The van der Waals surface area contributed by atoms with Crippen LogP contribution in [0.5, 0.6) is 5.75 Å². The number of oxime groups is 3. The number of para-hydroxylation sites is 1. The smallest absolute Gasteiger partial charge is 0.273 e. The number of amides is 1. The lowest BCUT2D eigenvalue weighted by Gasteiger charge is -2.09. The molecule has 26 heavy (non-hydrogen) atoms. The first-order valence-electron chi connectivity index (χ1n) is 7.85. The van der Waals surface area contributed by atoms with Crippen LogP contribution in [0.4, 0.5) is 0 Å². The molecule has 0 aromatic heterocycles. The maximum Gasteiger partial charge on any atom is 0.273 e. The average molecular weight is 358 g/mol. The molecule has 1 aromatic rings. The Bertz CT molecular complexity index is 748. The molecule has 1 rings (SSSR count). The third kappa shape index (κ3) is 5.94. The molecule has 138 valence electrons. The SMILES string of the molecule is C#CCO/N=C(C)/C(CC)=N/Oc1ccccc1/C(=N/OC)C(=O)NC. The van der Waals surface area contributed by atoms with E-state index >= 15 is 0 Å². The predicted octanol–water partition coefficient (Wildman–Crippen LogP) is 1.95. The van der Waals surface area contributed by atoms with Gasteiger partial charge in [-0.1, -0.05) is 40.4 Å². The van der Waals surface area contributed by atoms with Crippen LogP contribution in [0.2, 0.25) is 0 Å². The van der Waals surface area contributed by atoms with E-state index in [1.807, 2.05) is 6.92 Å². The Morgan fingerprint density at radius 1 is 1.27 bits per heavy atom. The second kappa shape index (κ2) is 11.3. The largest absolute Gasteiger partial charge is 0.398 e. The quantitative estimate of drug-likeness (QED) is 0.316. The lowest BCUT2D eigenvalue weighted by atomic mass is 10.1. The summed E-state index contributed by atoms with van der Waals surface area (Å²) in [4.78, 5) is 27.3. The van der Waals surface area contributed by atoms with E-state index in [9.17, 15) is 4.79 Å². The van der Waals surface area contributed by atoms with E-state index in [0.717, 1.165) is 0 Å². The third-order valence-corrected chi connectivity index (χ3v) is 3.12. The van der Waals surface area contributed by atoms with E-state index in [-0.39, 0.29) is 12.3 Å². The number of carbonyl (C=O) groups excluding carboxylic acids is 1. The van der Waals surface area contributed by atoms with Crippen molar-refractivity contribution in [3.05, 3.63) is 29.8 Å². The van der Waals surface area contributed by atoms with Gasteiger partial charge in [0.05, 0.1) is 5.56 Å². The normalized spacial score (nSPS) is 12.2. The fraction of sp³-hybridized carbons (Fsp3) is 0.333. The fourth-order valence-corrected chi connectivity index (χ4v) is 1.87. The summed E-state index contributed by atoms with van der Waals surface area (Å²) in [5.74, 6) is 2.25. The highest BCUT2D eigenvalue weighted by Gasteiger charge is 2.18. The van der Waals surface area contributed by atoms with Crippen molar-refractivity contribution in [2.24, 2.45) is 15.5 Å². The van der Waals surface area contributed by atoms with Gasteiger partial charge in [0.15, 0.2) is 18.1 Å². The van der Waals surface area contributed by atoms with Crippen molar-refractivity contribution in [2.45, 2.75) is 20.3 Å². The summed E-state index contributed by atoms with van der Waals surface area (Å²) in [7, 11) is 2.86. The zero-order chi connectivity index (χ0) is 19.4. The Morgan fingerprint density at radius 3 is 2.62 bits per heavy atom. The lowest BCUT2D eigenvalue weighted by molar-refractivity contribution is -0.114. The molecule has 1 N–H and O–H groups in total. The van der Waals surface area contributed by atoms with E-state index in [1.165, 1.54) is 14.2 Å². The Balaban J connectivity index is 3.14. The Morgan fingerprint density at radius 2 is 2.00 bits per heavy atom. The topological polar surface area (TPSA) is 93.9 Å². The second-order valence-electron chi connectivity index (χ2n) is 4.83. The van der Waals surface area contributed by atoms with Crippen LogP contribution in [0.15, 0.2) is 39.7 Å². The summed E-state index contributed by atoms with van der Waals surface area (Å²) in [6.45, 7) is 3.70. The summed E-state index contributed by atoms with van der Waals surface area (Å²) in [6, 6.07) is 6.86. The van der Waals surface area contributed by atoms with Gasteiger partial charge in [-0.15, -0.1) is 6.42 Å². The molecule has 0 saturated carbocycles. The van der Waals surface area contributed by atoms with Gasteiger partial charge in [-0.25, -0.2) is 0 Å². The van der Waals surface area contributed by atoms with Gasteiger partial charge in [-0.3, -0.25) is 4.79 Å². The van der Waals surface area contributed by atoms with Crippen molar-refractivity contribution in [3.8, 4) is 18.1 Å². The number of hydrogen-bond donors (Lipinski definition) is 1. The number of rotatable bonds is 9. The van der Waals surface area contributed by atoms with Crippen molar-refractivity contribution >= 4 is 23.0 Å². The van der Waals surface area contributed by atoms with Crippen molar-refractivity contribution in [1.29, 1.82) is 0 Å². The van der Waals surface area contributed by atoms with Crippen LogP contribution in [0.3, 0.4) is 0 Å². The van der Waals surface area contributed by atoms with Gasteiger partial charge >= 0.3 is 0 Å². The maximum atomic E-state index is 12.0. The van der Waals surface area contributed by atoms with Crippen LogP contribution < -0.4 is 10.2 Å².